The SMILES string of the molecule is COC(O)NC(C(C)C)C(O)N1CC(C(C)C)CC1c1ncc(-c2ccc3c(c2)cc2n3C(C)C(C)c3cc(-c4cnc(C5CC(F)CN5C(=O)C(NC(=O)O)C(C)C)[nH]4)ccc3-2)[nH]1. The van der Waals surface area contributed by atoms with Gasteiger partial charge in [0.1, 0.15) is 30.1 Å². The van der Waals surface area contributed by atoms with Gasteiger partial charge in [-0.25, -0.2) is 19.2 Å². The Morgan fingerprint density at radius 1 is 0.875 bits per heavy atom. The number of rotatable bonds is 14. The lowest BCUT2D eigenvalue weighted by atomic mass is 9.84. The summed E-state index contributed by atoms with van der Waals surface area (Å²) in [7, 11) is 1.42. The largest absolute Gasteiger partial charge is 0.465 e. The molecule has 15 nitrogen and oxygen atoms in total. The Labute approximate surface area is 373 Å². The predicted octanol–water partition coefficient (Wildman–Crippen LogP) is 7.54. The van der Waals surface area contributed by atoms with Crippen LogP contribution in [0.1, 0.15) is 109 Å². The molecule has 3 aliphatic rings. The number of benzene rings is 2. The van der Waals surface area contributed by atoms with Crippen LogP contribution in [0.2, 0.25) is 0 Å². The number of hydrogen-bond donors (Lipinski definition) is 7. The van der Waals surface area contributed by atoms with Crippen molar-refractivity contribution in [2.75, 3.05) is 20.2 Å². The standard InChI is InChI=1S/C48H64FN9O6/c1-23(2)31-17-39(56(21-31)46(60)42(25(5)6)55-48(63)64-9)43-50-19-35(52-43)28-11-13-37-30(14-28)16-38-33-12-10-29(15-34(33)26(7)27(8)58(37)38)36-20-51-44(53-36)40-18-32(49)22-57(40)45(59)41(24(3)4)54-47(61)62/h10-16,19-20,23-27,31-32,39-42,46,48,54-55,60,63H,17-18,21-22H2,1-9H3,(H,50,52)(H,51,53)(H,61,62). The van der Waals surface area contributed by atoms with Crippen molar-refractivity contribution < 1.29 is 34.0 Å². The third-order valence-corrected chi connectivity index (χ3v) is 14.2. The summed E-state index contributed by atoms with van der Waals surface area (Å²) in [6, 6.07) is 13.1. The van der Waals surface area contributed by atoms with Crippen LogP contribution in [0.4, 0.5) is 9.18 Å². The lowest BCUT2D eigenvalue weighted by Gasteiger charge is -2.37. The molecule has 10 unspecified atom stereocenters. The van der Waals surface area contributed by atoms with E-state index in [1.54, 1.807) is 20.0 Å². The van der Waals surface area contributed by atoms with Crippen molar-refractivity contribution in [3.05, 3.63) is 72.1 Å². The molecule has 2 fully saturated rings. The van der Waals surface area contributed by atoms with Crippen molar-refractivity contribution in [1.82, 2.24) is 44.9 Å². The monoisotopic (exact) mass is 881 g/mol. The molecule has 16 heteroatoms. The summed E-state index contributed by atoms with van der Waals surface area (Å²) in [6.45, 7) is 17.0. The number of nitrogens with one attached hydrogen (secondary N) is 4. The van der Waals surface area contributed by atoms with Crippen LogP contribution in [-0.2, 0) is 9.53 Å². The molecule has 7 N–H and O–H groups in total. The average Bonchev–Trinajstić information content (AvgIpc) is 4.11. The minimum atomic E-state index is -1.30. The number of aromatic amines is 2. The number of carbonyl (C=O) groups is 2. The second-order valence-electron chi connectivity index (χ2n) is 19.3. The quantitative estimate of drug-likeness (QED) is 0.0548. The molecule has 344 valence electrons. The summed E-state index contributed by atoms with van der Waals surface area (Å²) in [6.07, 6.45) is -0.107. The number of H-pyrrole nitrogens is 2. The van der Waals surface area contributed by atoms with E-state index in [0.29, 0.717) is 24.2 Å². The van der Waals surface area contributed by atoms with Gasteiger partial charge in [0.15, 0.2) is 0 Å². The van der Waals surface area contributed by atoms with Crippen molar-refractivity contribution >= 4 is 22.9 Å². The molecule has 6 heterocycles. The van der Waals surface area contributed by atoms with Gasteiger partial charge in [0.05, 0.1) is 48.5 Å². The minimum absolute atomic E-state index is 0.0200. The maximum absolute atomic E-state index is 14.9. The van der Waals surface area contributed by atoms with Crippen molar-refractivity contribution in [2.24, 2.45) is 23.7 Å². The lowest BCUT2D eigenvalue weighted by Crippen LogP contribution is -2.55. The highest BCUT2D eigenvalue weighted by atomic mass is 19.1. The minimum Gasteiger partial charge on any atom is -0.465 e. The first kappa shape index (κ1) is 45.4. The van der Waals surface area contributed by atoms with Gasteiger partial charge >= 0.3 is 6.09 Å². The summed E-state index contributed by atoms with van der Waals surface area (Å²) in [4.78, 5) is 45.1. The topological polar surface area (TPSA) is 197 Å². The first-order valence-corrected chi connectivity index (χ1v) is 22.7. The molecule has 3 aromatic heterocycles. The predicted molar refractivity (Wildman–Crippen MR) is 243 cm³/mol. The van der Waals surface area contributed by atoms with Gasteiger partial charge in [-0.3, -0.25) is 15.0 Å². The molecule has 2 amide bonds. The molecule has 5 aromatic rings. The highest BCUT2D eigenvalue weighted by molar-refractivity contribution is 5.92. The smallest absolute Gasteiger partial charge is 0.405 e. The Hall–Kier alpha value is -5.13. The summed E-state index contributed by atoms with van der Waals surface area (Å²) < 4.78 is 22.4. The zero-order valence-corrected chi connectivity index (χ0v) is 38.2. The normalized spacial score (nSPS) is 24.4. The summed E-state index contributed by atoms with van der Waals surface area (Å²) in [5.41, 5.74) is 8.19. The number of aliphatic hydroxyl groups excluding tert-OH is 2. The highest BCUT2D eigenvalue weighted by Crippen LogP contribution is 2.47. The fraction of sp³-hybridized carbons (Fsp3) is 0.542. The Morgan fingerprint density at radius 2 is 1.53 bits per heavy atom. The van der Waals surface area contributed by atoms with Crippen molar-refractivity contribution in [2.45, 2.75) is 123 Å². The molecule has 2 aromatic carbocycles. The molecule has 0 aliphatic carbocycles. The van der Waals surface area contributed by atoms with E-state index in [0.717, 1.165) is 56.9 Å². The second-order valence-corrected chi connectivity index (χ2v) is 19.3. The van der Waals surface area contributed by atoms with E-state index in [1.165, 1.54) is 17.6 Å². The number of imidazole rings is 2. The van der Waals surface area contributed by atoms with Crippen LogP contribution in [-0.4, -0.2) is 113 Å². The molecule has 0 spiro atoms. The van der Waals surface area contributed by atoms with Gasteiger partial charge in [-0.15, -0.1) is 0 Å². The number of alkyl halides is 1. The third kappa shape index (κ3) is 8.46. The van der Waals surface area contributed by atoms with Crippen LogP contribution >= 0.6 is 0 Å². The molecular formula is C48H64FN9O6. The van der Waals surface area contributed by atoms with Crippen LogP contribution in [0.3, 0.4) is 0 Å². The summed E-state index contributed by atoms with van der Waals surface area (Å²) in [5.74, 6) is 1.45. The Balaban J connectivity index is 1.05. The van der Waals surface area contributed by atoms with Gasteiger partial charge in [-0.2, -0.15) is 0 Å². The molecule has 2 saturated heterocycles. The molecule has 3 aliphatic heterocycles. The Bertz CT molecular complexity index is 2480. The Morgan fingerprint density at radius 3 is 2.16 bits per heavy atom. The van der Waals surface area contributed by atoms with Gasteiger partial charge in [0.25, 0.3) is 0 Å². The first-order chi connectivity index (χ1) is 30.4. The Kier molecular flexibility index (Phi) is 12.8. The number of ether oxygens (including phenoxy) is 1. The number of nitrogens with zero attached hydrogens (tertiary/aromatic N) is 5. The van der Waals surface area contributed by atoms with E-state index in [-0.39, 0.29) is 42.8 Å². The van der Waals surface area contributed by atoms with Crippen molar-refractivity contribution in [1.29, 1.82) is 0 Å². The number of halogens is 1. The number of methoxy groups -OCH3 is 1. The maximum Gasteiger partial charge on any atom is 0.405 e. The number of aromatic nitrogens is 5. The second kappa shape index (κ2) is 18.0. The molecule has 0 bridgehead atoms. The number of aliphatic hydroxyl groups is 2. The van der Waals surface area contributed by atoms with Crippen LogP contribution in [0.25, 0.3) is 44.7 Å². The van der Waals surface area contributed by atoms with E-state index < -0.39 is 48.9 Å². The summed E-state index contributed by atoms with van der Waals surface area (Å²) >= 11 is 0. The van der Waals surface area contributed by atoms with Gasteiger partial charge in [0.2, 0.25) is 12.3 Å². The highest BCUT2D eigenvalue weighted by Gasteiger charge is 2.44. The van der Waals surface area contributed by atoms with Gasteiger partial charge < -0.3 is 44.8 Å². The molecule has 10 atom stereocenters. The zero-order chi connectivity index (χ0) is 45.9. The van der Waals surface area contributed by atoms with Crippen LogP contribution in [0, 0.1) is 23.7 Å². The van der Waals surface area contributed by atoms with E-state index >= 15 is 0 Å². The lowest BCUT2D eigenvalue weighted by molar-refractivity contribution is -0.135. The molecule has 0 saturated carbocycles. The van der Waals surface area contributed by atoms with Crippen LogP contribution in [0.5, 0.6) is 0 Å². The zero-order valence-electron chi connectivity index (χ0n) is 38.2. The first-order valence-electron chi connectivity index (χ1n) is 22.7. The number of carboxylic acid groups (broad SMARTS) is 1. The molecule has 64 heavy (non-hydrogen) atoms. The number of fused-ring (bicyclic) bond motifs is 5. The summed E-state index contributed by atoms with van der Waals surface area (Å²) in [5, 5.41) is 37.9. The van der Waals surface area contributed by atoms with Crippen LogP contribution < -0.4 is 10.6 Å². The van der Waals surface area contributed by atoms with E-state index in [1.807, 2.05) is 20.0 Å². The number of amides is 2. The van der Waals surface area contributed by atoms with Gasteiger partial charge in [-0.05, 0) is 72.4 Å². The van der Waals surface area contributed by atoms with Crippen LogP contribution in [0.15, 0.2) is 54.9 Å². The molecule has 8 rings (SSSR count). The number of hydrogen-bond acceptors (Lipinski definition) is 9. The van der Waals surface area contributed by atoms with E-state index in [9.17, 15) is 29.3 Å². The van der Waals surface area contributed by atoms with Gasteiger partial charge in [0, 0.05) is 59.8 Å². The van der Waals surface area contributed by atoms with Crippen molar-refractivity contribution in [3.8, 4) is 33.8 Å². The molecule has 0 radical (unpaired) electrons. The molecular weight excluding hydrogens is 818 g/mol. The number of carbonyl (C=O) groups excluding carboxylic acids is 1. The average molecular weight is 882 g/mol. The third-order valence-electron chi connectivity index (χ3n) is 14.2. The van der Waals surface area contributed by atoms with Gasteiger partial charge in [-0.1, -0.05) is 66.7 Å². The number of likely N-dealkylation sites (tertiary alicyclic amines) is 2. The fourth-order valence-electron chi connectivity index (χ4n) is 10.3. The van der Waals surface area contributed by atoms with E-state index in [2.05, 4.69) is 105 Å². The fourth-order valence-corrected chi connectivity index (χ4v) is 10.3. The maximum atomic E-state index is 14.9. The van der Waals surface area contributed by atoms with E-state index in [4.69, 9.17) is 9.72 Å². The van der Waals surface area contributed by atoms with Crippen molar-refractivity contribution in [3.63, 3.8) is 0 Å².